The summed E-state index contributed by atoms with van der Waals surface area (Å²) in [5.74, 6) is 2.29. The zero-order valence-corrected chi connectivity index (χ0v) is 16.5. The largest absolute Gasteiger partial charge is 0.0587 e. The summed E-state index contributed by atoms with van der Waals surface area (Å²) >= 11 is 0. The monoisotopic (exact) mass is 310 g/mol. The van der Waals surface area contributed by atoms with E-state index < -0.39 is 0 Å². The Morgan fingerprint density at radius 3 is 1.43 bits per heavy atom. The van der Waals surface area contributed by atoms with E-state index in [2.05, 4.69) is 80.5 Å². The van der Waals surface area contributed by atoms with E-state index in [-0.39, 0.29) is 0 Å². The Kier molecular flexibility index (Phi) is 5.23. The summed E-state index contributed by atoms with van der Waals surface area (Å²) in [6, 6.07) is 7.39. The van der Waals surface area contributed by atoms with E-state index in [1.54, 1.807) is 5.56 Å². The second-order valence-corrected chi connectivity index (χ2v) is 8.33. The Morgan fingerprint density at radius 1 is 0.565 bits per heavy atom. The van der Waals surface area contributed by atoms with Gasteiger partial charge >= 0.3 is 0 Å². The van der Waals surface area contributed by atoms with Crippen LogP contribution in [0.25, 0.3) is 10.8 Å². The molecule has 0 unspecified atom stereocenters. The fourth-order valence-corrected chi connectivity index (χ4v) is 3.95. The molecule has 0 amide bonds. The Bertz CT molecular complexity index is 695. The van der Waals surface area contributed by atoms with E-state index >= 15 is 0 Å². The maximum Gasteiger partial charge on any atom is -0.0149 e. The average Bonchev–Trinajstić information content (AvgIpc) is 2.44. The van der Waals surface area contributed by atoms with Crippen molar-refractivity contribution >= 4 is 10.8 Å². The van der Waals surface area contributed by atoms with Crippen LogP contribution in [0.2, 0.25) is 0 Å². The summed E-state index contributed by atoms with van der Waals surface area (Å²) in [5, 5.41) is 2.87. The summed E-state index contributed by atoms with van der Waals surface area (Å²) in [6.45, 7) is 20.9. The summed E-state index contributed by atoms with van der Waals surface area (Å²) in [4.78, 5) is 0. The molecule has 0 aliphatic rings. The van der Waals surface area contributed by atoms with Gasteiger partial charge in [-0.05, 0) is 69.2 Å². The smallest absolute Gasteiger partial charge is 0.0149 e. The molecule has 0 aromatic heterocycles. The maximum atomic E-state index is 2.47. The molecular formula is C23H34. The number of fused-ring (bicyclic) bond motifs is 1. The molecule has 0 heteroatoms. The van der Waals surface area contributed by atoms with Crippen LogP contribution < -0.4 is 0 Å². The lowest BCUT2D eigenvalue weighted by molar-refractivity contribution is 0.783. The van der Waals surface area contributed by atoms with Crippen LogP contribution >= 0.6 is 0 Å². The Labute approximate surface area is 143 Å². The Morgan fingerprint density at radius 2 is 1.00 bits per heavy atom. The van der Waals surface area contributed by atoms with Gasteiger partial charge in [-0.15, -0.1) is 0 Å². The molecule has 0 spiro atoms. The van der Waals surface area contributed by atoms with Crippen LogP contribution in [0.3, 0.4) is 0 Å². The molecule has 0 aliphatic heterocycles. The maximum absolute atomic E-state index is 2.47. The molecule has 0 saturated carbocycles. The van der Waals surface area contributed by atoms with E-state index in [0.717, 1.165) is 0 Å². The first-order chi connectivity index (χ1) is 10.6. The van der Waals surface area contributed by atoms with E-state index in [9.17, 15) is 0 Å². The van der Waals surface area contributed by atoms with E-state index in [0.29, 0.717) is 23.7 Å². The first-order valence-electron chi connectivity index (χ1n) is 9.26. The zero-order valence-electron chi connectivity index (χ0n) is 16.5. The van der Waals surface area contributed by atoms with Gasteiger partial charge in [-0.1, -0.05) is 73.6 Å². The molecule has 23 heavy (non-hydrogen) atoms. The molecule has 2 aromatic carbocycles. The molecule has 0 atom stereocenters. The van der Waals surface area contributed by atoms with Crippen molar-refractivity contribution in [1.82, 2.24) is 0 Å². The Hall–Kier alpha value is -1.30. The highest BCUT2D eigenvalue weighted by Gasteiger charge is 2.18. The molecule has 0 nitrogen and oxygen atoms in total. The highest BCUT2D eigenvalue weighted by molar-refractivity contribution is 5.89. The predicted octanol–water partition coefficient (Wildman–Crippen LogP) is 7.64. The van der Waals surface area contributed by atoms with Gasteiger partial charge in [-0.3, -0.25) is 0 Å². The Balaban J connectivity index is 2.90. The van der Waals surface area contributed by atoms with Crippen LogP contribution in [0.4, 0.5) is 0 Å². The third kappa shape index (κ3) is 3.32. The summed E-state index contributed by atoms with van der Waals surface area (Å²) in [7, 11) is 0. The van der Waals surface area contributed by atoms with Crippen LogP contribution in [-0.2, 0) is 0 Å². The average molecular weight is 311 g/mol. The van der Waals surface area contributed by atoms with Gasteiger partial charge in [-0.2, -0.15) is 0 Å². The summed E-state index contributed by atoms with van der Waals surface area (Å²) < 4.78 is 0. The number of benzene rings is 2. The molecule has 0 radical (unpaired) electrons. The van der Waals surface area contributed by atoms with Crippen molar-refractivity contribution in [1.29, 1.82) is 0 Å². The van der Waals surface area contributed by atoms with Crippen molar-refractivity contribution < 1.29 is 0 Å². The lowest BCUT2D eigenvalue weighted by Crippen LogP contribution is -2.05. The molecule has 0 N–H and O–H groups in total. The first-order valence-corrected chi connectivity index (χ1v) is 9.26. The topological polar surface area (TPSA) is 0 Å². The second kappa shape index (κ2) is 6.67. The number of hydrogen-bond donors (Lipinski definition) is 0. The van der Waals surface area contributed by atoms with E-state index in [1.165, 1.54) is 33.0 Å². The van der Waals surface area contributed by atoms with Crippen LogP contribution in [0.1, 0.15) is 107 Å². The number of hydrogen-bond acceptors (Lipinski definition) is 0. The predicted molar refractivity (Wildman–Crippen MR) is 105 cm³/mol. The fourth-order valence-electron chi connectivity index (χ4n) is 3.95. The van der Waals surface area contributed by atoms with E-state index in [1.807, 2.05) is 0 Å². The SMILES string of the molecule is Cc1c(C(C)C)c(C(C)C)cc2cc(C(C)C)c(C(C)C)cc12. The first kappa shape index (κ1) is 18.0. The highest BCUT2D eigenvalue weighted by atomic mass is 14.2. The lowest BCUT2D eigenvalue weighted by atomic mass is 9.81. The highest BCUT2D eigenvalue weighted by Crippen LogP contribution is 2.38. The standard InChI is InChI=1S/C23H34/c1-13(2)19-10-18-11-21(15(5)6)23(16(7)8)17(9)22(18)12-20(19)14(3)4/h10-16H,1-9H3. The van der Waals surface area contributed by atoms with Crippen LogP contribution in [0.15, 0.2) is 18.2 Å². The van der Waals surface area contributed by atoms with Gasteiger partial charge in [0, 0.05) is 0 Å². The van der Waals surface area contributed by atoms with Gasteiger partial charge in [-0.25, -0.2) is 0 Å². The zero-order chi connectivity index (χ0) is 17.5. The van der Waals surface area contributed by atoms with Crippen LogP contribution in [-0.4, -0.2) is 0 Å². The van der Waals surface area contributed by atoms with Crippen molar-refractivity contribution in [3.05, 3.63) is 46.0 Å². The van der Waals surface area contributed by atoms with E-state index in [4.69, 9.17) is 0 Å². The molecule has 0 heterocycles. The van der Waals surface area contributed by atoms with Gasteiger partial charge in [0.1, 0.15) is 0 Å². The molecule has 0 fully saturated rings. The van der Waals surface area contributed by atoms with Crippen molar-refractivity contribution in [3.63, 3.8) is 0 Å². The minimum atomic E-state index is 0.572. The fraction of sp³-hybridized carbons (Fsp3) is 0.565. The number of aryl methyl sites for hydroxylation is 1. The van der Waals surface area contributed by atoms with Gasteiger partial charge in [0.05, 0.1) is 0 Å². The summed E-state index contributed by atoms with van der Waals surface area (Å²) in [5.41, 5.74) is 7.59. The molecule has 0 saturated heterocycles. The van der Waals surface area contributed by atoms with Gasteiger partial charge < -0.3 is 0 Å². The van der Waals surface area contributed by atoms with Crippen molar-refractivity contribution in [2.24, 2.45) is 0 Å². The third-order valence-corrected chi connectivity index (χ3v) is 5.13. The minimum absolute atomic E-state index is 0.572. The normalized spacial score (nSPS) is 12.4. The molecule has 2 aromatic rings. The quantitative estimate of drug-likeness (QED) is 0.544. The molecular weight excluding hydrogens is 276 g/mol. The van der Waals surface area contributed by atoms with Gasteiger partial charge in [0.15, 0.2) is 0 Å². The van der Waals surface area contributed by atoms with Crippen molar-refractivity contribution in [2.45, 2.75) is 86.0 Å². The molecule has 0 bridgehead atoms. The lowest BCUT2D eigenvalue weighted by Gasteiger charge is -2.24. The third-order valence-electron chi connectivity index (χ3n) is 5.13. The van der Waals surface area contributed by atoms with Crippen LogP contribution in [0, 0.1) is 6.92 Å². The summed E-state index contributed by atoms with van der Waals surface area (Å²) in [6.07, 6.45) is 0. The molecule has 0 aliphatic carbocycles. The second-order valence-electron chi connectivity index (χ2n) is 8.33. The van der Waals surface area contributed by atoms with Gasteiger partial charge in [0.2, 0.25) is 0 Å². The van der Waals surface area contributed by atoms with Crippen LogP contribution in [0.5, 0.6) is 0 Å². The minimum Gasteiger partial charge on any atom is -0.0587 e. The molecule has 126 valence electrons. The molecule has 2 rings (SSSR count). The van der Waals surface area contributed by atoms with Gasteiger partial charge in [0.25, 0.3) is 0 Å². The number of rotatable bonds is 4. The van der Waals surface area contributed by atoms with Crippen molar-refractivity contribution in [3.8, 4) is 0 Å². The van der Waals surface area contributed by atoms with Crippen molar-refractivity contribution in [2.75, 3.05) is 0 Å².